The number of carbonyl (C=O) groups is 1. The first kappa shape index (κ1) is 9.52. The Hall–Kier alpha value is -0.570. The number of carbonyl (C=O) groups excluding carboxylic acids is 1. The molecule has 0 aromatic carbocycles. The molecule has 70 valence electrons. The molecule has 0 heterocycles. The number of hydrogen-bond donors (Lipinski definition) is 1. The van der Waals surface area contributed by atoms with Gasteiger partial charge in [-0.15, -0.1) is 0 Å². The van der Waals surface area contributed by atoms with Gasteiger partial charge in [-0.2, -0.15) is 0 Å². The van der Waals surface area contributed by atoms with Gasteiger partial charge in [0.1, 0.15) is 5.60 Å². The molecular formula is C9H17NO2. The van der Waals surface area contributed by atoms with Crippen molar-refractivity contribution in [2.45, 2.75) is 38.2 Å². The van der Waals surface area contributed by atoms with Crippen LogP contribution < -0.4 is 5.32 Å². The molecule has 1 rings (SSSR count). The van der Waals surface area contributed by atoms with E-state index in [0.29, 0.717) is 6.54 Å². The van der Waals surface area contributed by atoms with Crippen molar-refractivity contribution in [3.8, 4) is 0 Å². The van der Waals surface area contributed by atoms with Crippen molar-refractivity contribution < 1.29 is 9.53 Å². The van der Waals surface area contributed by atoms with Crippen LogP contribution >= 0.6 is 0 Å². The average molecular weight is 171 g/mol. The molecule has 0 unspecified atom stereocenters. The molecule has 0 radical (unpaired) electrons. The highest BCUT2D eigenvalue weighted by Crippen LogP contribution is 2.32. The summed E-state index contributed by atoms with van der Waals surface area (Å²) in [6.07, 6.45) is 3.95. The predicted octanol–water partition coefficient (Wildman–Crippen LogP) is 1.08. The summed E-state index contributed by atoms with van der Waals surface area (Å²) in [5.74, 6) is 0.0602. The van der Waals surface area contributed by atoms with Gasteiger partial charge in [-0.25, -0.2) is 0 Å². The van der Waals surface area contributed by atoms with Gasteiger partial charge in [-0.3, -0.25) is 4.79 Å². The van der Waals surface area contributed by atoms with E-state index < -0.39 is 5.60 Å². The zero-order chi connectivity index (χ0) is 9.03. The normalized spacial score (nSPS) is 20.8. The Morgan fingerprint density at radius 2 is 2.08 bits per heavy atom. The lowest BCUT2D eigenvalue weighted by molar-refractivity contribution is -0.142. The molecule has 3 heteroatoms. The summed E-state index contributed by atoms with van der Waals surface area (Å²) in [5, 5.41) is 2.82. The van der Waals surface area contributed by atoms with Crippen molar-refractivity contribution in [1.29, 1.82) is 0 Å². The Morgan fingerprint density at radius 1 is 1.50 bits per heavy atom. The van der Waals surface area contributed by atoms with Gasteiger partial charge in [0.05, 0.1) is 0 Å². The number of nitrogens with one attached hydrogen (secondary N) is 1. The van der Waals surface area contributed by atoms with E-state index in [9.17, 15) is 4.79 Å². The van der Waals surface area contributed by atoms with E-state index in [-0.39, 0.29) is 5.91 Å². The molecule has 1 N–H and O–H groups in total. The van der Waals surface area contributed by atoms with E-state index in [0.717, 1.165) is 25.7 Å². The van der Waals surface area contributed by atoms with Gasteiger partial charge in [-0.05, 0) is 32.6 Å². The minimum absolute atomic E-state index is 0.0602. The summed E-state index contributed by atoms with van der Waals surface area (Å²) < 4.78 is 5.30. The van der Waals surface area contributed by atoms with Gasteiger partial charge in [0, 0.05) is 13.7 Å². The monoisotopic (exact) mass is 171 g/mol. The van der Waals surface area contributed by atoms with Gasteiger partial charge >= 0.3 is 0 Å². The van der Waals surface area contributed by atoms with Crippen LogP contribution in [0.1, 0.15) is 32.6 Å². The highest BCUT2D eigenvalue weighted by atomic mass is 16.5. The van der Waals surface area contributed by atoms with Crippen LogP contribution in [-0.2, 0) is 9.53 Å². The van der Waals surface area contributed by atoms with Crippen LogP contribution in [0.4, 0.5) is 0 Å². The second-order valence-electron chi connectivity index (χ2n) is 3.26. The maximum Gasteiger partial charge on any atom is 0.252 e. The predicted molar refractivity (Wildman–Crippen MR) is 46.9 cm³/mol. The highest BCUT2D eigenvalue weighted by Gasteiger charge is 2.40. The molecule has 0 aromatic heterocycles. The molecular weight excluding hydrogens is 154 g/mol. The van der Waals surface area contributed by atoms with Crippen LogP contribution in [0.3, 0.4) is 0 Å². The van der Waals surface area contributed by atoms with Crippen LogP contribution in [-0.4, -0.2) is 25.2 Å². The number of likely N-dealkylation sites (N-methyl/N-ethyl adjacent to an activating group) is 1. The molecule has 0 aromatic rings. The lowest BCUT2D eigenvalue weighted by Gasteiger charge is -2.25. The van der Waals surface area contributed by atoms with Crippen molar-refractivity contribution in [2.24, 2.45) is 0 Å². The van der Waals surface area contributed by atoms with Gasteiger partial charge in [0.25, 0.3) is 5.91 Å². The maximum atomic E-state index is 11.6. The fourth-order valence-corrected chi connectivity index (χ4v) is 1.79. The first-order chi connectivity index (χ1) is 5.75. The van der Waals surface area contributed by atoms with Gasteiger partial charge < -0.3 is 10.1 Å². The smallest absolute Gasteiger partial charge is 0.252 e. The zero-order valence-electron chi connectivity index (χ0n) is 7.85. The third kappa shape index (κ3) is 1.61. The summed E-state index contributed by atoms with van der Waals surface area (Å²) in [5.41, 5.74) is -0.504. The zero-order valence-corrected chi connectivity index (χ0v) is 7.85. The van der Waals surface area contributed by atoms with Crippen LogP contribution in [0, 0.1) is 0 Å². The lowest BCUT2D eigenvalue weighted by Crippen LogP contribution is -2.46. The molecule has 1 aliphatic rings. The average Bonchev–Trinajstić information content (AvgIpc) is 2.54. The number of ether oxygens (including phenoxy) is 1. The van der Waals surface area contributed by atoms with Crippen LogP contribution in [0.2, 0.25) is 0 Å². The Morgan fingerprint density at radius 3 is 2.50 bits per heavy atom. The molecule has 0 bridgehead atoms. The maximum absolute atomic E-state index is 11.6. The Balaban J connectivity index is 2.59. The van der Waals surface area contributed by atoms with Gasteiger partial charge in [0.2, 0.25) is 0 Å². The topological polar surface area (TPSA) is 38.3 Å². The van der Waals surface area contributed by atoms with E-state index >= 15 is 0 Å². The largest absolute Gasteiger partial charge is 0.368 e. The fourth-order valence-electron chi connectivity index (χ4n) is 1.79. The molecule has 12 heavy (non-hydrogen) atoms. The third-order valence-electron chi connectivity index (χ3n) is 2.55. The number of rotatable bonds is 3. The second kappa shape index (κ2) is 3.90. The molecule has 0 saturated heterocycles. The SMILES string of the molecule is CCNC(=O)C1(OC)CCCC1. The molecule has 1 saturated carbocycles. The molecule has 0 aliphatic heterocycles. The molecule has 0 atom stereocenters. The van der Waals surface area contributed by atoms with Crippen LogP contribution in [0.25, 0.3) is 0 Å². The molecule has 0 spiro atoms. The highest BCUT2D eigenvalue weighted by molar-refractivity contribution is 5.85. The minimum atomic E-state index is -0.504. The fraction of sp³-hybridized carbons (Fsp3) is 0.889. The summed E-state index contributed by atoms with van der Waals surface area (Å²) in [4.78, 5) is 11.6. The van der Waals surface area contributed by atoms with Crippen LogP contribution in [0.5, 0.6) is 0 Å². The van der Waals surface area contributed by atoms with Gasteiger partial charge in [0.15, 0.2) is 0 Å². The van der Waals surface area contributed by atoms with E-state index in [1.165, 1.54) is 0 Å². The minimum Gasteiger partial charge on any atom is -0.368 e. The molecule has 1 aliphatic carbocycles. The van der Waals surface area contributed by atoms with Crippen molar-refractivity contribution in [1.82, 2.24) is 5.32 Å². The van der Waals surface area contributed by atoms with Crippen molar-refractivity contribution in [2.75, 3.05) is 13.7 Å². The Kier molecular flexibility index (Phi) is 3.09. The molecule has 1 amide bonds. The summed E-state index contributed by atoms with van der Waals surface area (Å²) in [6, 6.07) is 0. The van der Waals surface area contributed by atoms with Gasteiger partial charge in [-0.1, -0.05) is 0 Å². The lowest BCUT2D eigenvalue weighted by atomic mass is 10.0. The summed E-state index contributed by atoms with van der Waals surface area (Å²) >= 11 is 0. The summed E-state index contributed by atoms with van der Waals surface area (Å²) in [6.45, 7) is 2.61. The van der Waals surface area contributed by atoms with Crippen molar-refractivity contribution in [3.05, 3.63) is 0 Å². The van der Waals surface area contributed by atoms with E-state index in [1.807, 2.05) is 6.92 Å². The second-order valence-corrected chi connectivity index (χ2v) is 3.26. The van der Waals surface area contributed by atoms with E-state index in [1.54, 1.807) is 7.11 Å². The number of hydrogen-bond acceptors (Lipinski definition) is 2. The van der Waals surface area contributed by atoms with Crippen molar-refractivity contribution >= 4 is 5.91 Å². The Bertz CT molecular complexity index is 162. The van der Waals surface area contributed by atoms with Crippen LogP contribution in [0.15, 0.2) is 0 Å². The third-order valence-corrected chi connectivity index (χ3v) is 2.55. The molecule has 3 nitrogen and oxygen atoms in total. The van der Waals surface area contributed by atoms with E-state index in [4.69, 9.17) is 4.74 Å². The standard InChI is InChI=1S/C9H17NO2/c1-3-10-8(11)9(12-2)6-4-5-7-9/h3-7H2,1-2H3,(H,10,11). The number of methoxy groups -OCH3 is 1. The Labute approximate surface area is 73.5 Å². The first-order valence-electron chi connectivity index (χ1n) is 4.58. The quantitative estimate of drug-likeness (QED) is 0.690. The first-order valence-corrected chi connectivity index (χ1v) is 4.58. The summed E-state index contributed by atoms with van der Waals surface area (Å²) in [7, 11) is 1.63. The van der Waals surface area contributed by atoms with Crippen molar-refractivity contribution in [3.63, 3.8) is 0 Å². The molecule has 1 fully saturated rings. The number of amides is 1. The van der Waals surface area contributed by atoms with E-state index in [2.05, 4.69) is 5.32 Å².